The van der Waals surface area contributed by atoms with Crippen molar-refractivity contribution in [3.05, 3.63) is 38.3 Å². The molecule has 1 N–H and O–H groups in total. The molecule has 1 aliphatic rings. The average molecular weight is 313 g/mol. The molecule has 5 heteroatoms. The molecule has 0 aromatic heterocycles. The first-order valence-electron chi connectivity index (χ1n) is 6.30. The summed E-state index contributed by atoms with van der Waals surface area (Å²) in [6.07, 6.45) is 5.31. The first kappa shape index (κ1) is 13.5. The number of nitro benzene ring substituents is 1. The van der Waals surface area contributed by atoms with E-state index in [9.17, 15) is 10.1 Å². The standard InChI is InChI=1S/C13H17BrN2O2/c14-12-6-5-11(7-13(12)16(17)18)9-15-8-10-3-1-2-4-10/h5-7,10,15H,1-4,8-9H2. The van der Waals surface area contributed by atoms with E-state index in [0.29, 0.717) is 11.0 Å². The molecule has 2 rings (SSSR count). The van der Waals surface area contributed by atoms with Gasteiger partial charge < -0.3 is 5.32 Å². The van der Waals surface area contributed by atoms with E-state index < -0.39 is 0 Å². The second-order valence-electron chi connectivity index (χ2n) is 4.82. The van der Waals surface area contributed by atoms with Crippen LogP contribution in [0.2, 0.25) is 0 Å². The summed E-state index contributed by atoms with van der Waals surface area (Å²) in [6.45, 7) is 1.72. The lowest BCUT2D eigenvalue weighted by atomic mass is 10.1. The van der Waals surface area contributed by atoms with Crippen molar-refractivity contribution in [3.8, 4) is 0 Å². The molecule has 1 fully saturated rings. The van der Waals surface area contributed by atoms with Gasteiger partial charge in [-0.15, -0.1) is 0 Å². The van der Waals surface area contributed by atoms with Crippen molar-refractivity contribution in [1.82, 2.24) is 5.32 Å². The SMILES string of the molecule is O=[N+]([O-])c1cc(CNCC2CCCC2)ccc1Br. The fraction of sp³-hybridized carbons (Fsp3) is 0.538. The summed E-state index contributed by atoms with van der Waals surface area (Å²) in [5.74, 6) is 0.787. The van der Waals surface area contributed by atoms with E-state index >= 15 is 0 Å². The van der Waals surface area contributed by atoms with Crippen LogP contribution in [0.4, 0.5) is 5.69 Å². The third kappa shape index (κ3) is 3.53. The van der Waals surface area contributed by atoms with Crippen LogP contribution in [0.3, 0.4) is 0 Å². The van der Waals surface area contributed by atoms with E-state index in [2.05, 4.69) is 21.2 Å². The summed E-state index contributed by atoms with van der Waals surface area (Å²) in [6, 6.07) is 5.29. The maximum absolute atomic E-state index is 10.8. The molecule has 0 aliphatic heterocycles. The molecular weight excluding hydrogens is 296 g/mol. The van der Waals surface area contributed by atoms with Crippen molar-refractivity contribution < 1.29 is 4.92 Å². The van der Waals surface area contributed by atoms with Gasteiger partial charge in [0.15, 0.2) is 0 Å². The smallest absolute Gasteiger partial charge is 0.283 e. The zero-order valence-corrected chi connectivity index (χ0v) is 11.8. The van der Waals surface area contributed by atoms with E-state index in [-0.39, 0.29) is 10.6 Å². The molecule has 0 bridgehead atoms. The Hall–Kier alpha value is -0.940. The predicted molar refractivity (Wildman–Crippen MR) is 74.5 cm³/mol. The van der Waals surface area contributed by atoms with E-state index in [4.69, 9.17) is 0 Å². The van der Waals surface area contributed by atoms with E-state index in [0.717, 1.165) is 18.0 Å². The summed E-state index contributed by atoms with van der Waals surface area (Å²) < 4.78 is 0.534. The summed E-state index contributed by atoms with van der Waals surface area (Å²) in [7, 11) is 0. The quantitative estimate of drug-likeness (QED) is 0.667. The monoisotopic (exact) mass is 312 g/mol. The molecule has 1 saturated carbocycles. The van der Waals surface area contributed by atoms with Crippen LogP contribution in [0, 0.1) is 16.0 Å². The van der Waals surface area contributed by atoms with Gasteiger partial charge in [-0.1, -0.05) is 18.9 Å². The third-order valence-corrected chi connectivity index (χ3v) is 4.11. The Morgan fingerprint density at radius 3 is 2.78 bits per heavy atom. The van der Waals surface area contributed by atoms with Crippen molar-refractivity contribution in [2.75, 3.05) is 6.54 Å². The van der Waals surface area contributed by atoms with Crippen LogP contribution in [-0.4, -0.2) is 11.5 Å². The molecule has 0 atom stereocenters. The van der Waals surface area contributed by atoms with Gasteiger partial charge in [-0.2, -0.15) is 0 Å². The summed E-state index contributed by atoms with van der Waals surface area (Å²) in [5, 5.41) is 14.2. The fourth-order valence-corrected chi connectivity index (χ4v) is 2.83. The highest BCUT2D eigenvalue weighted by molar-refractivity contribution is 9.10. The lowest BCUT2D eigenvalue weighted by molar-refractivity contribution is -0.385. The van der Waals surface area contributed by atoms with Crippen LogP contribution in [0.1, 0.15) is 31.2 Å². The lowest BCUT2D eigenvalue weighted by Gasteiger charge is -2.10. The van der Waals surface area contributed by atoms with Crippen molar-refractivity contribution in [1.29, 1.82) is 0 Å². The predicted octanol–water partition coefficient (Wildman–Crippen LogP) is 3.64. The molecule has 4 nitrogen and oxygen atoms in total. The number of benzene rings is 1. The number of nitro groups is 1. The number of hydrogen-bond donors (Lipinski definition) is 1. The van der Waals surface area contributed by atoms with E-state index in [1.54, 1.807) is 12.1 Å². The Balaban J connectivity index is 1.88. The fourth-order valence-electron chi connectivity index (χ4n) is 2.44. The van der Waals surface area contributed by atoms with E-state index in [1.165, 1.54) is 25.7 Å². The molecular formula is C13H17BrN2O2. The van der Waals surface area contributed by atoms with Crippen LogP contribution in [0.5, 0.6) is 0 Å². The molecule has 1 aliphatic carbocycles. The van der Waals surface area contributed by atoms with Crippen molar-refractivity contribution in [2.24, 2.45) is 5.92 Å². The minimum Gasteiger partial charge on any atom is -0.312 e. The van der Waals surface area contributed by atoms with E-state index in [1.807, 2.05) is 6.07 Å². The number of nitrogens with one attached hydrogen (secondary N) is 1. The Morgan fingerprint density at radius 1 is 1.39 bits per heavy atom. The molecule has 0 heterocycles. The van der Waals surface area contributed by atoms with Crippen molar-refractivity contribution >= 4 is 21.6 Å². The largest absolute Gasteiger partial charge is 0.312 e. The third-order valence-electron chi connectivity index (χ3n) is 3.44. The maximum atomic E-state index is 10.8. The van der Waals surface area contributed by atoms with Crippen LogP contribution in [-0.2, 0) is 6.54 Å². The van der Waals surface area contributed by atoms with Gasteiger partial charge in [0.25, 0.3) is 5.69 Å². The Bertz CT molecular complexity index is 431. The topological polar surface area (TPSA) is 55.2 Å². The van der Waals surface area contributed by atoms with Gasteiger partial charge >= 0.3 is 0 Å². The Labute approximate surface area is 115 Å². The van der Waals surface area contributed by atoms with Crippen LogP contribution in [0.25, 0.3) is 0 Å². The minimum absolute atomic E-state index is 0.134. The summed E-state index contributed by atoms with van der Waals surface area (Å²) >= 11 is 3.19. The van der Waals surface area contributed by atoms with Crippen LogP contribution in [0.15, 0.2) is 22.7 Å². The molecule has 0 amide bonds. The Morgan fingerprint density at radius 2 is 2.11 bits per heavy atom. The Kier molecular flexibility index (Phi) is 4.72. The van der Waals surface area contributed by atoms with Crippen LogP contribution < -0.4 is 5.32 Å². The lowest BCUT2D eigenvalue weighted by Crippen LogP contribution is -2.20. The molecule has 0 saturated heterocycles. The van der Waals surface area contributed by atoms with Gasteiger partial charge in [0.1, 0.15) is 0 Å². The molecule has 1 aromatic rings. The number of hydrogen-bond acceptors (Lipinski definition) is 3. The molecule has 0 radical (unpaired) electrons. The van der Waals surface area contributed by atoms with Gasteiger partial charge in [0, 0.05) is 12.6 Å². The summed E-state index contributed by atoms with van der Waals surface area (Å²) in [5.41, 5.74) is 1.10. The van der Waals surface area contributed by atoms with Crippen molar-refractivity contribution in [3.63, 3.8) is 0 Å². The highest BCUT2D eigenvalue weighted by atomic mass is 79.9. The second-order valence-corrected chi connectivity index (χ2v) is 5.68. The molecule has 18 heavy (non-hydrogen) atoms. The first-order valence-corrected chi connectivity index (χ1v) is 7.09. The average Bonchev–Trinajstić information content (AvgIpc) is 2.84. The minimum atomic E-state index is -0.357. The normalized spacial score (nSPS) is 16.1. The highest BCUT2D eigenvalue weighted by Crippen LogP contribution is 2.26. The highest BCUT2D eigenvalue weighted by Gasteiger charge is 2.15. The molecule has 1 aromatic carbocycles. The zero-order chi connectivity index (χ0) is 13.0. The molecule has 0 spiro atoms. The molecule has 0 unspecified atom stereocenters. The maximum Gasteiger partial charge on any atom is 0.283 e. The van der Waals surface area contributed by atoms with Gasteiger partial charge in [-0.25, -0.2) is 0 Å². The van der Waals surface area contributed by atoms with Gasteiger partial charge in [0.2, 0.25) is 0 Å². The second kappa shape index (κ2) is 6.29. The first-order chi connectivity index (χ1) is 8.66. The number of rotatable bonds is 5. The van der Waals surface area contributed by atoms with Gasteiger partial charge in [-0.3, -0.25) is 10.1 Å². The van der Waals surface area contributed by atoms with Crippen LogP contribution >= 0.6 is 15.9 Å². The zero-order valence-electron chi connectivity index (χ0n) is 10.2. The van der Waals surface area contributed by atoms with Gasteiger partial charge in [-0.05, 0) is 52.9 Å². The number of nitrogens with zero attached hydrogens (tertiary/aromatic N) is 1. The van der Waals surface area contributed by atoms with Gasteiger partial charge in [0.05, 0.1) is 9.40 Å². The summed E-state index contributed by atoms with van der Waals surface area (Å²) in [4.78, 5) is 10.5. The van der Waals surface area contributed by atoms with Crippen molar-refractivity contribution in [2.45, 2.75) is 32.2 Å². The number of halogens is 1. The molecule has 98 valence electrons.